The van der Waals surface area contributed by atoms with Crippen LogP contribution in [0.25, 0.3) is 0 Å². The van der Waals surface area contributed by atoms with Crippen LogP contribution >= 0.6 is 11.3 Å². The van der Waals surface area contributed by atoms with Crippen LogP contribution in [0.3, 0.4) is 0 Å². The zero-order valence-corrected chi connectivity index (χ0v) is 9.43. The number of nitrogens with zero attached hydrogens (tertiary/aromatic N) is 1. The van der Waals surface area contributed by atoms with Gasteiger partial charge in [0, 0.05) is 6.07 Å². The summed E-state index contributed by atoms with van der Waals surface area (Å²) < 4.78 is 30.7. The summed E-state index contributed by atoms with van der Waals surface area (Å²) in [4.78, 5) is 0. The van der Waals surface area contributed by atoms with Crippen molar-refractivity contribution in [3.8, 4) is 0 Å². The Labute approximate surface area is 90.8 Å². The van der Waals surface area contributed by atoms with Crippen LogP contribution in [0.4, 0.5) is 5.88 Å². The lowest BCUT2D eigenvalue weighted by atomic mass is 10.5. The lowest BCUT2D eigenvalue weighted by Gasteiger charge is -2.00. The van der Waals surface area contributed by atoms with Gasteiger partial charge in [-0.3, -0.25) is 0 Å². The molecule has 0 fully saturated rings. The molecule has 80 valence electrons. The smallest absolute Gasteiger partial charge is 0.273 e. The predicted octanol–water partition coefficient (Wildman–Crippen LogP) is 1.85. The second-order valence-electron chi connectivity index (χ2n) is 2.87. The van der Waals surface area contributed by atoms with Gasteiger partial charge in [0.25, 0.3) is 10.0 Å². The summed E-state index contributed by atoms with van der Waals surface area (Å²) in [5.41, 5.74) is 0.624. The number of hydrogen-bond donors (Lipinski definition) is 1. The minimum absolute atomic E-state index is 0.126. The Hall–Kier alpha value is -1.34. The fraction of sp³-hybridized carbons (Fsp3) is 0.125. The summed E-state index contributed by atoms with van der Waals surface area (Å²) in [5.74, 6) is 0.126. The van der Waals surface area contributed by atoms with Gasteiger partial charge in [0.05, 0.1) is 5.69 Å². The third-order valence-corrected chi connectivity index (χ3v) is 4.37. The standard InChI is InChI=1S/C8H8N2O3S2/c1-6-5-7(13-9-6)10-15(11,12)8-3-2-4-14-8/h2-5,10H,1H3. The Morgan fingerprint density at radius 2 is 2.33 bits per heavy atom. The Morgan fingerprint density at radius 1 is 1.53 bits per heavy atom. The van der Waals surface area contributed by atoms with Crippen molar-refractivity contribution >= 4 is 27.2 Å². The lowest BCUT2D eigenvalue weighted by Crippen LogP contribution is -2.10. The van der Waals surface area contributed by atoms with E-state index in [1.54, 1.807) is 18.4 Å². The van der Waals surface area contributed by atoms with E-state index in [0.29, 0.717) is 5.69 Å². The van der Waals surface area contributed by atoms with Crippen molar-refractivity contribution in [3.05, 3.63) is 29.3 Å². The van der Waals surface area contributed by atoms with Gasteiger partial charge in [-0.15, -0.1) is 11.3 Å². The van der Waals surface area contributed by atoms with Crippen molar-refractivity contribution in [1.29, 1.82) is 0 Å². The van der Waals surface area contributed by atoms with Gasteiger partial charge in [0.2, 0.25) is 5.88 Å². The summed E-state index contributed by atoms with van der Waals surface area (Å²) in [5, 5.41) is 5.28. The highest BCUT2D eigenvalue weighted by Crippen LogP contribution is 2.20. The van der Waals surface area contributed by atoms with Crippen LogP contribution < -0.4 is 4.72 Å². The SMILES string of the molecule is Cc1cc(NS(=O)(=O)c2cccs2)on1. The Bertz CT molecular complexity index is 542. The van der Waals surface area contributed by atoms with Crippen molar-refractivity contribution in [2.75, 3.05) is 4.72 Å². The minimum Gasteiger partial charge on any atom is -0.338 e. The van der Waals surface area contributed by atoms with Crippen molar-refractivity contribution < 1.29 is 12.9 Å². The zero-order chi connectivity index (χ0) is 10.9. The first kappa shape index (κ1) is 10.2. The molecule has 0 bridgehead atoms. The molecular formula is C8H8N2O3S2. The molecule has 0 aliphatic heterocycles. The second-order valence-corrected chi connectivity index (χ2v) is 5.73. The van der Waals surface area contributed by atoms with E-state index in [2.05, 4.69) is 9.88 Å². The topological polar surface area (TPSA) is 72.2 Å². The van der Waals surface area contributed by atoms with Gasteiger partial charge in [-0.25, -0.2) is 13.1 Å². The van der Waals surface area contributed by atoms with E-state index in [9.17, 15) is 8.42 Å². The predicted molar refractivity (Wildman–Crippen MR) is 56.4 cm³/mol. The summed E-state index contributed by atoms with van der Waals surface area (Å²) in [6.45, 7) is 1.71. The molecule has 0 unspecified atom stereocenters. The van der Waals surface area contributed by atoms with E-state index in [-0.39, 0.29) is 10.1 Å². The van der Waals surface area contributed by atoms with Crippen LogP contribution in [0.2, 0.25) is 0 Å². The molecule has 0 radical (unpaired) electrons. The van der Waals surface area contributed by atoms with Gasteiger partial charge < -0.3 is 4.52 Å². The van der Waals surface area contributed by atoms with E-state index in [1.807, 2.05) is 0 Å². The molecule has 2 aromatic heterocycles. The molecule has 0 saturated heterocycles. The van der Waals surface area contributed by atoms with Gasteiger partial charge in [-0.2, -0.15) is 0 Å². The van der Waals surface area contributed by atoms with Gasteiger partial charge in [0.1, 0.15) is 4.21 Å². The maximum Gasteiger partial charge on any atom is 0.273 e. The fourth-order valence-electron chi connectivity index (χ4n) is 1.01. The van der Waals surface area contributed by atoms with Crippen LogP contribution in [0, 0.1) is 6.92 Å². The quantitative estimate of drug-likeness (QED) is 0.894. The van der Waals surface area contributed by atoms with Gasteiger partial charge in [-0.05, 0) is 18.4 Å². The summed E-state index contributed by atoms with van der Waals surface area (Å²) in [6.07, 6.45) is 0. The molecule has 0 saturated carbocycles. The number of anilines is 1. The van der Waals surface area contributed by atoms with Gasteiger partial charge in [-0.1, -0.05) is 11.2 Å². The van der Waals surface area contributed by atoms with Crippen LogP contribution in [0.15, 0.2) is 32.3 Å². The number of rotatable bonds is 3. The van der Waals surface area contributed by atoms with E-state index in [0.717, 1.165) is 11.3 Å². The van der Waals surface area contributed by atoms with Gasteiger partial charge >= 0.3 is 0 Å². The molecule has 5 nitrogen and oxygen atoms in total. The average molecular weight is 244 g/mol. The molecule has 0 amide bonds. The third-order valence-electron chi connectivity index (χ3n) is 1.62. The maximum atomic E-state index is 11.7. The number of aromatic nitrogens is 1. The number of thiophene rings is 1. The zero-order valence-electron chi connectivity index (χ0n) is 7.80. The number of hydrogen-bond acceptors (Lipinski definition) is 5. The summed E-state index contributed by atoms with van der Waals surface area (Å²) >= 11 is 1.14. The highest BCUT2D eigenvalue weighted by molar-refractivity contribution is 7.94. The molecule has 0 spiro atoms. The van der Waals surface area contributed by atoms with E-state index >= 15 is 0 Å². The third kappa shape index (κ3) is 2.18. The Kier molecular flexibility index (Phi) is 2.49. The first-order valence-corrected chi connectivity index (χ1v) is 6.44. The van der Waals surface area contributed by atoms with Crippen LogP contribution in [-0.2, 0) is 10.0 Å². The Balaban J connectivity index is 2.26. The first-order chi connectivity index (χ1) is 7.08. The van der Waals surface area contributed by atoms with Crippen LogP contribution in [0.5, 0.6) is 0 Å². The lowest BCUT2D eigenvalue weighted by molar-refractivity contribution is 0.430. The van der Waals surface area contributed by atoms with Crippen LogP contribution in [-0.4, -0.2) is 13.6 Å². The van der Waals surface area contributed by atoms with Crippen molar-refractivity contribution in [2.24, 2.45) is 0 Å². The molecule has 15 heavy (non-hydrogen) atoms. The molecule has 2 aromatic rings. The molecule has 0 aromatic carbocycles. The highest BCUT2D eigenvalue weighted by atomic mass is 32.2. The molecule has 2 rings (SSSR count). The van der Waals surface area contributed by atoms with Crippen LogP contribution in [0.1, 0.15) is 5.69 Å². The average Bonchev–Trinajstić information content (AvgIpc) is 2.75. The maximum absolute atomic E-state index is 11.7. The van der Waals surface area contributed by atoms with E-state index in [4.69, 9.17) is 4.52 Å². The normalized spacial score (nSPS) is 11.5. The summed E-state index contributed by atoms with van der Waals surface area (Å²) in [6, 6.07) is 4.71. The van der Waals surface area contributed by atoms with E-state index in [1.165, 1.54) is 12.1 Å². The molecule has 1 N–H and O–H groups in total. The molecular weight excluding hydrogens is 236 g/mol. The number of sulfonamides is 1. The molecule has 0 aliphatic rings. The molecule has 2 heterocycles. The van der Waals surface area contributed by atoms with Crippen molar-refractivity contribution in [3.63, 3.8) is 0 Å². The molecule has 0 atom stereocenters. The van der Waals surface area contributed by atoms with Gasteiger partial charge in [0.15, 0.2) is 0 Å². The minimum atomic E-state index is -3.52. The number of aryl methyl sites for hydroxylation is 1. The first-order valence-electron chi connectivity index (χ1n) is 4.07. The molecule has 0 aliphatic carbocycles. The Morgan fingerprint density at radius 3 is 2.87 bits per heavy atom. The second kappa shape index (κ2) is 3.67. The fourth-order valence-corrected chi connectivity index (χ4v) is 2.98. The van der Waals surface area contributed by atoms with E-state index < -0.39 is 10.0 Å². The van der Waals surface area contributed by atoms with Crippen molar-refractivity contribution in [1.82, 2.24) is 5.16 Å². The largest absolute Gasteiger partial charge is 0.338 e. The number of nitrogens with one attached hydrogen (secondary N) is 1. The monoisotopic (exact) mass is 244 g/mol. The van der Waals surface area contributed by atoms with Crippen molar-refractivity contribution in [2.45, 2.75) is 11.1 Å². The molecule has 7 heteroatoms. The summed E-state index contributed by atoms with van der Waals surface area (Å²) in [7, 11) is -3.52. The highest BCUT2D eigenvalue weighted by Gasteiger charge is 2.16.